The number of pyridine rings is 4. The van der Waals surface area contributed by atoms with Crippen LogP contribution in [-0.4, -0.2) is 39.5 Å². The van der Waals surface area contributed by atoms with E-state index in [-0.39, 0.29) is 0 Å². The van der Waals surface area contributed by atoms with Gasteiger partial charge in [0.1, 0.15) is 0 Å². The maximum atomic E-state index is 4.93. The number of aromatic nitrogens is 8. The molecule has 0 aliphatic heterocycles. The van der Waals surface area contributed by atoms with Gasteiger partial charge in [0.25, 0.3) is 0 Å². The van der Waals surface area contributed by atoms with Crippen molar-refractivity contribution >= 4 is 42.8 Å². The molecule has 8 heterocycles. The van der Waals surface area contributed by atoms with Gasteiger partial charge in [-0.1, -0.05) is 19.1 Å². The zero-order valence-corrected chi connectivity index (χ0v) is 29.1. The van der Waals surface area contributed by atoms with Crippen LogP contribution in [0.1, 0.15) is 53.7 Å². The lowest BCUT2D eigenvalue weighted by Gasteiger charge is -2.08. The number of nitrogens with zero attached hydrogens (tertiary/aromatic N) is 8. The van der Waals surface area contributed by atoms with Crippen LogP contribution in [0, 0.1) is 6.92 Å². The topological polar surface area (TPSA) is 87.2 Å². The average molecular weight is 679 g/mol. The molecule has 0 saturated carbocycles. The Morgan fingerprint density at radius 3 is 1.73 bits per heavy atom. The molecule has 0 bridgehead atoms. The Labute approximate surface area is 292 Å². The largest absolute Gasteiger partial charge is 0.264 e. The first-order chi connectivity index (χ1) is 24.1. The summed E-state index contributed by atoms with van der Waals surface area (Å²) >= 11 is 3.62. The highest BCUT2D eigenvalue weighted by atomic mass is 32.1. The minimum Gasteiger partial charge on any atom is -0.264 e. The monoisotopic (exact) mass is 678 g/mol. The maximum absolute atomic E-state index is 4.93. The molecule has 0 spiro atoms. The lowest BCUT2D eigenvalue weighted by atomic mass is 10.1. The molecule has 2 aliphatic carbocycles. The van der Waals surface area contributed by atoms with E-state index >= 15 is 0 Å². The summed E-state index contributed by atoms with van der Waals surface area (Å²) < 4.78 is 6.62. The second kappa shape index (κ2) is 12.4. The van der Waals surface area contributed by atoms with E-state index in [1.54, 1.807) is 11.3 Å². The molecule has 242 valence electrons. The highest BCUT2D eigenvalue weighted by Crippen LogP contribution is 2.41. The van der Waals surface area contributed by atoms with Gasteiger partial charge in [-0.25, -0.2) is 19.3 Å². The number of thiophene rings is 2. The highest BCUT2D eigenvalue weighted by Gasteiger charge is 2.27. The summed E-state index contributed by atoms with van der Waals surface area (Å²) in [4.78, 5) is 20.5. The average Bonchev–Trinajstić information content (AvgIpc) is 3.97. The van der Waals surface area contributed by atoms with Gasteiger partial charge in [-0.05, 0) is 100 Å². The van der Waals surface area contributed by atoms with Crippen molar-refractivity contribution in [2.75, 3.05) is 0 Å². The summed E-state index contributed by atoms with van der Waals surface area (Å²) in [6, 6.07) is 20.9. The first-order valence-corrected chi connectivity index (χ1v) is 18.6. The van der Waals surface area contributed by atoms with Crippen LogP contribution in [-0.2, 0) is 32.1 Å². The quantitative estimate of drug-likeness (QED) is 0.181. The summed E-state index contributed by atoms with van der Waals surface area (Å²) in [6.45, 7) is 4.15. The van der Waals surface area contributed by atoms with Crippen LogP contribution in [0.2, 0.25) is 0 Å². The zero-order chi connectivity index (χ0) is 32.9. The molecule has 10 rings (SSSR count). The second-order valence-corrected chi connectivity index (χ2v) is 14.8. The van der Waals surface area contributed by atoms with E-state index in [0.29, 0.717) is 0 Å². The van der Waals surface area contributed by atoms with Crippen molar-refractivity contribution in [1.29, 1.82) is 0 Å². The van der Waals surface area contributed by atoms with Crippen molar-refractivity contribution in [2.24, 2.45) is 0 Å². The molecule has 0 fully saturated rings. The van der Waals surface area contributed by atoms with Gasteiger partial charge in [-0.3, -0.25) is 9.97 Å². The normalized spacial score (nSPS) is 13.5. The minimum absolute atomic E-state index is 0.898. The highest BCUT2D eigenvalue weighted by molar-refractivity contribution is 7.22. The maximum Gasteiger partial charge on any atom is 0.154 e. The summed E-state index contributed by atoms with van der Waals surface area (Å²) in [5.74, 6) is 1.81. The van der Waals surface area contributed by atoms with Gasteiger partial charge in [0, 0.05) is 67.5 Å². The SMILES string of the molecule is CCc1cccc(-n2nc3c(c2-c2cc4cnccc4s2)CCC3)n1.Cc1cccc(-n2nc3c(c2-c2cc4cnccc4s2)CCC3)n1. The molecule has 0 radical (unpaired) electrons. The third-order valence-electron chi connectivity index (χ3n) is 9.38. The molecular weight excluding hydrogens is 645 g/mol. The van der Waals surface area contributed by atoms with Crippen LogP contribution in [0.15, 0.2) is 85.5 Å². The molecule has 8 aromatic rings. The fraction of sp³-hybridized carbons (Fsp3) is 0.231. The smallest absolute Gasteiger partial charge is 0.154 e. The van der Waals surface area contributed by atoms with E-state index in [4.69, 9.17) is 15.2 Å². The lowest BCUT2D eigenvalue weighted by Crippen LogP contribution is -2.04. The first-order valence-electron chi connectivity index (χ1n) is 16.9. The van der Waals surface area contributed by atoms with Gasteiger partial charge in [-0.15, -0.1) is 22.7 Å². The lowest BCUT2D eigenvalue weighted by molar-refractivity contribution is 0.785. The molecule has 0 atom stereocenters. The molecule has 2 aliphatic rings. The number of aryl methyl sites for hydroxylation is 4. The van der Waals surface area contributed by atoms with E-state index in [2.05, 4.69) is 69.0 Å². The molecule has 0 unspecified atom stereocenters. The molecule has 8 nitrogen and oxygen atoms in total. The van der Waals surface area contributed by atoms with Crippen molar-refractivity contribution in [3.8, 4) is 32.8 Å². The molecule has 0 aromatic carbocycles. The second-order valence-electron chi connectivity index (χ2n) is 12.6. The van der Waals surface area contributed by atoms with E-state index in [1.807, 2.05) is 65.9 Å². The van der Waals surface area contributed by atoms with Crippen LogP contribution < -0.4 is 0 Å². The van der Waals surface area contributed by atoms with E-state index in [0.717, 1.165) is 55.1 Å². The number of hydrogen-bond acceptors (Lipinski definition) is 8. The first kappa shape index (κ1) is 30.0. The van der Waals surface area contributed by atoms with E-state index in [1.165, 1.54) is 76.7 Å². The fourth-order valence-corrected chi connectivity index (χ4v) is 9.23. The number of rotatable bonds is 5. The standard InChI is InChI=1S/C20H18N4S.C19H16N4S/c1-2-14-5-3-8-19(22-14)24-20(15-6-4-7-16(15)23-24)18-11-13-12-21-10-9-17(13)25-18;1-12-4-2-7-18(21-12)23-19(14-5-3-6-15(14)22-23)17-10-13-11-20-9-8-16(13)24-17/h3,5,8-12H,2,4,6-7H2,1H3;2,4,7-11H,3,5-6H2,1H3. The Balaban J connectivity index is 0.000000133. The Morgan fingerprint density at radius 2 is 1.20 bits per heavy atom. The molecule has 8 aromatic heterocycles. The number of hydrogen-bond donors (Lipinski definition) is 0. The van der Waals surface area contributed by atoms with Crippen LogP contribution in [0.25, 0.3) is 53.0 Å². The summed E-state index contributed by atoms with van der Waals surface area (Å²) in [5, 5.41) is 12.2. The van der Waals surface area contributed by atoms with Crippen LogP contribution >= 0.6 is 22.7 Å². The van der Waals surface area contributed by atoms with Crippen molar-refractivity contribution < 1.29 is 0 Å². The molecule has 10 heteroatoms. The Bertz CT molecular complexity index is 2420. The molecule has 49 heavy (non-hydrogen) atoms. The van der Waals surface area contributed by atoms with Gasteiger partial charge in [-0.2, -0.15) is 10.2 Å². The van der Waals surface area contributed by atoms with E-state index in [9.17, 15) is 0 Å². The summed E-state index contributed by atoms with van der Waals surface area (Å²) in [6.07, 6.45) is 15.2. The van der Waals surface area contributed by atoms with Crippen LogP contribution in [0.5, 0.6) is 0 Å². The molecule has 0 amide bonds. The third kappa shape index (κ3) is 5.45. The predicted molar refractivity (Wildman–Crippen MR) is 198 cm³/mol. The molecule has 0 N–H and O–H groups in total. The van der Waals surface area contributed by atoms with Crippen LogP contribution in [0.3, 0.4) is 0 Å². The predicted octanol–water partition coefficient (Wildman–Crippen LogP) is 8.94. The fourth-order valence-electron chi connectivity index (χ4n) is 7.05. The van der Waals surface area contributed by atoms with Gasteiger partial charge in [0.2, 0.25) is 0 Å². The van der Waals surface area contributed by atoms with Crippen LogP contribution in [0.4, 0.5) is 0 Å². The van der Waals surface area contributed by atoms with E-state index < -0.39 is 0 Å². The van der Waals surface area contributed by atoms with Crippen molar-refractivity contribution in [3.63, 3.8) is 0 Å². The summed E-state index contributed by atoms with van der Waals surface area (Å²) in [5.41, 5.74) is 9.77. The Kier molecular flexibility index (Phi) is 7.62. The Hall–Kier alpha value is -5.06. The van der Waals surface area contributed by atoms with Gasteiger partial charge in [0.15, 0.2) is 11.6 Å². The third-order valence-corrected chi connectivity index (χ3v) is 11.6. The Morgan fingerprint density at radius 1 is 0.653 bits per heavy atom. The zero-order valence-electron chi connectivity index (χ0n) is 27.4. The van der Waals surface area contributed by atoms with Gasteiger partial charge in [0.05, 0.1) is 32.5 Å². The van der Waals surface area contributed by atoms with Crippen molar-refractivity contribution in [3.05, 3.63) is 119 Å². The molecule has 0 saturated heterocycles. The van der Waals surface area contributed by atoms with Gasteiger partial charge < -0.3 is 0 Å². The van der Waals surface area contributed by atoms with Crippen molar-refractivity contribution in [1.82, 2.24) is 39.5 Å². The number of fused-ring (bicyclic) bond motifs is 4. The van der Waals surface area contributed by atoms with Gasteiger partial charge >= 0.3 is 0 Å². The van der Waals surface area contributed by atoms with Crippen molar-refractivity contribution in [2.45, 2.75) is 58.8 Å². The summed E-state index contributed by atoms with van der Waals surface area (Å²) in [7, 11) is 0. The minimum atomic E-state index is 0.898. The molecular formula is C39H34N8S2.